The number of aromatic nitrogens is 1. The number of fused-ring (bicyclic) bond motifs is 2. The third-order valence-corrected chi connectivity index (χ3v) is 6.58. The SMILES string of the molecule is CN(c1cc(C(F)(F)F)nc2ccccc12)C1CCC(NC(=O)c2ccc3c(c2)OCO3)CC1. The number of carbonyl (C=O) groups is 1. The van der Waals surface area contributed by atoms with E-state index >= 15 is 0 Å². The van der Waals surface area contributed by atoms with Crippen molar-refractivity contribution in [1.82, 2.24) is 10.3 Å². The molecule has 0 spiro atoms. The summed E-state index contributed by atoms with van der Waals surface area (Å²) >= 11 is 0. The molecular weight excluding hydrogens is 447 g/mol. The van der Waals surface area contributed by atoms with Crippen molar-refractivity contribution in [3.8, 4) is 11.5 Å². The van der Waals surface area contributed by atoms with E-state index in [0.717, 1.165) is 31.7 Å². The molecule has 0 unspecified atom stereocenters. The van der Waals surface area contributed by atoms with Crippen molar-refractivity contribution in [1.29, 1.82) is 0 Å². The number of amides is 1. The number of anilines is 1. The second-order valence-corrected chi connectivity index (χ2v) is 8.70. The normalized spacial score (nSPS) is 19.8. The molecule has 1 aromatic heterocycles. The summed E-state index contributed by atoms with van der Waals surface area (Å²) in [6.07, 6.45) is -1.54. The lowest BCUT2D eigenvalue weighted by Gasteiger charge is -2.37. The molecule has 1 fully saturated rings. The van der Waals surface area contributed by atoms with Gasteiger partial charge in [0.05, 0.1) is 5.52 Å². The Labute approximate surface area is 194 Å². The van der Waals surface area contributed by atoms with Crippen molar-refractivity contribution < 1.29 is 27.4 Å². The van der Waals surface area contributed by atoms with Crippen LogP contribution in [0.15, 0.2) is 48.5 Å². The van der Waals surface area contributed by atoms with Gasteiger partial charge in [-0.1, -0.05) is 18.2 Å². The molecule has 2 aliphatic rings. The summed E-state index contributed by atoms with van der Waals surface area (Å²) < 4.78 is 51.0. The molecule has 1 N–H and O–H groups in total. The molecule has 0 saturated heterocycles. The molecule has 0 bridgehead atoms. The molecule has 2 aromatic carbocycles. The van der Waals surface area contributed by atoms with E-state index in [0.29, 0.717) is 33.7 Å². The average Bonchev–Trinajstić information content (AvgIpc) is 3.31. The van der Waals surface area contributed by atoms with Gasteiger partial charge in [-0.25, -0.2) is 4.98 Å². The van der Waals surface area contributed by atoms with Gasteiger partial charge in [-0.15, -0.1) is 0 Å². The monoisotopic (exact) mass is 471 g/mol. The smallest absolute Gasteiger partial charge is 0.433 e. The summed E-state index contributed by atoms with van der Waals surface area (Å²) in [4.78, 5) is 18.4. The van der Waals surface area contributed by atoms with Crippen LogP contribution in [-0.4, -0.2) is 36.8 Å². The predicted octanol–water partition coefficient (Wildman–Crippen LogP) is 5.16. The lowest BCUT2D eigenvalue weighted by Crippen LogP contribution is -2.43. The number of halogens is 3. The fraction of sp³-hybridized carbons (Fsp3) is 0.360. The van der Waals surface area contributed by atoms with Crippen molar-refractivity contribution in [2.24, 2.45) is 0 Å². The molecule has 0 atom stereocenters. The lowest BCUT2D eigenvalue weighted by atomic mass is 9.89. The summed E-state index contributed by atoms with van der Waals surface area (Å²) in [5.74, 6) is 1.00. The molecule has 1 aliphatic heterocycles. The Kier molecular flexibility index (Phi) is 5.71. The van der Waals surface area contributed by atoms with E-state index in [1.165, 1.54) is 0 Å². The number of para-hydroxylation sites is 1. The van der Waals surface area contributed by atoms with Crippen LogP contribution in [0.5, 0.6) is 11.5 Å². The van der Waals surface area contributed by atoms with Gasteiger partial charge in [-0.05, 0) is 56.0 Å². The van der Waals surface area contributed by atoms with Crippen LogP contribution in [-0.2, 0) is 6.18 Å². The number of pyridine rings is 1. The molecule has 178 valence electrons. The minimum atomic E-state index is -4.52. The molecule has 2 heterocycles. The Morgan fingerprint density at radius 3 is 2.53 bits per heavy atom. The van der Waals surface area contributed by atoms with E-state index in [-0.39, 0.29) is 24.8 Å². The van der Waals surface area contributed by atoms with Gasteiger partial charge in [0.2, 0.25) is 6.79 Å². The standard InChI is InChI=1S/C25H24F3N3O3/c1-31(20-13-23(25(26,27)28)30-19-5-3-2-4-18(19)20)17-9-7-16(8-10-17)29-24(32)15-6-11-21-22(12-15)34-14-33-21/h2-6,11-13,16-17H,7-10,14H2,1H3,(H,29,32). The molecule has 1 amide bonds. The van der Waals surface area contributed by atoms with Crippen molar-refractivity contribution in [2.45, 2.75) is 43.9 Å². The first kappa shape index (κ1) is 22.3. The number of ether oxygens (including phenoxy) is 2. The van der Waals surface area contributed by atoms with E-state index < -0.39 is 11.9 Å². The highest BCUT2D eigenvalue weighted by Gasteiger charge is 2.34. The van der Waals surface area contributed by atoms with Crippen LogP contribution in [0.1, 0.15) is 41.7 Å². The van der Waals surface area contributed by atoms with Gasteiger partial charge in [0, 0.05) is 35.8 Å². The van der Waals surface area contributed by atoms with E-state index in [9.17, 15) is 18.0 Å². The van der Waals surface area contributed by atoms with Crippen LogP contribution in [0.2, 0.25) is 0 Å². The predicted molar refractivity (Wildman–Crippen MR) is 121 cm³/mol. The Morgan fingerprint density at radius 2 is 1.76 bits per heavy atom. The number of carbonyl (C=O) groups excluding carboxylic acids is 1. The maximum absolute atomic E-state index is 13.5. The molecule has 0 radical (unpaired) electrons. The van der Waals surface area contributed by atoms with Crippen molar-refractivity contribution in [2.75, 3.05) is 18.7 Å². The summed E-state index contributed by atoms with van der Waals surface area (Å²) in [6, 6.07) is 13.2. The fourth-order valence-corrected chi connectivity index (χ4v) is 4.70. The number of rotatable bonds is 4. The molecule has 34 heavy (non-hydrogen) atoms. The van der Waals surface area contributed by atoms with E-state index in [1.807, 2.05) is 11.9 Å². The first-order valence-corrected chi connectivity index (χ1v) is 11.2. The Bertz CT molecular complexity index is 1220. The highest BCUT2D eigenvalue weighted by atomic mass is 19.4. The van der Waals surface area contributed by atoms with Crippen LogP contribution in [0.25, 0.3) is 10.9 Å². The van der Waals surface area contributed by atoms with Gasteiger partial charge >= 0.3 is 6.18 Å². The van der Waals surface area contributed by atoms with Crippen LogP contribution < -0.4 is 19.7 Å². The maximum atomic E-state index is 13.5. The molecule has 5 rings (SSSR count). The Morgan fingerprint density at radius 1 is 1.03 bits per heavy atom. The van der Waals surface area contributed by atoms with Gasteiger partial charge in [0.25, 0.3) is 5.91 Å². The molecule has 1 saturated carbocycles. The summed E-state index contributed by atoms with van der Waals surface area (Å²) in [7, 11) is 1.83. The first-order chi connectivity index (χ1) is 16.3. The minimum absolute atomic E-state index is 0.00231. The quantitative estimate of drug-likeness (QED) is 0.570. The van der Waals surface area contributed by atoms with Crippen LogP contribution >= 0.6 is 0 Å². The minimum Gasteiger partial charge on any atom is -0.454 e. The van der Waals surface area contributed by atoms with Crippen LogP contribution in [0.3, 0.4) is 0 Å². The second kappa shape index (κ2) is 8.70. The number of benzene rings is 2. The summed E-state index contributed by atoms with van der Waals surface area (Å²) in [6.45, 7) is 0.148. The average molecular weight is 471 g/mol. The molecule has 9 heteroatoms. The topological polar surface area (TPSA) is 63.7 Å². The third kappa shape index (κ3) is 4.34. The highest BCUT2D eigenvalue weighted by Crippen LogP contribution is 2.37. The van der Waals surface area contributed by atoms with Crippen LogP contribution in [0, 0.1) is 0 Å². The summed E-state index contributed by atoms with van der Waals surface area (Å²) in [5, 5.41) is 3.76. The van der Waals surface area contributed by atoms with E-state index in [2.05, 4.69) is 10.3 Å². The van der Waals surface area contributed by atoms with Gasteiger partial charge in [0.15, 0.2) is 11.5 Å². The molecule has 3 aromatic rings. The van der Waals surface area contributed by atoms with Gasteiger partial charge in [-0.2, -0.15) is 13.2 Å². The molecule has 6 nitrogen and oxygen atoms in total. The number of hydrogen-bond donors (Lipinski definition) is 1. The maximum Gasteiger partial charge on any atom is 0.433 e. The zero-order valence-corrected chi connectivity index (χ0v) is 18.6. The zero-order valence-electron chi connectivity index (χ0n) is 18.6. The van der Waals surface area contributed by atoms with E-state index in [4.69, 9.17) is 9.47 Å². The number of hydrogen-bond acceptors (Lipinski definition) is 5. The van der Waals surface area contributed by atoms with Gasteiger partial charge in [-0.3, -0.25) is 4.79 Å². The number of alkyl halides is 3. The molecule has 1 aliphatic carbocycles. The Hall–Kier alpha value is -3.49. The largest absolute Gasteiger partial charge is 0.454 e. The van der Waals surface area contributed by atoms with Crippen LogP contribution in [0.4, 0.5) is 18.9 Å². The van der Waals surface area contributed by atoms with Crippen molar-refractivity contribution >= 4 is 22.5 Å². The first-order valence-electron chi connectivity index (χ1n) is 11.2. The highest BCUT2D eigenvalue weighted by molar-refractivity contribution is 5.95. The van der Waals surface area contributed by atoms with E-state index in [1.54, 1.807) is 42.5 Å². The Balaban J connectivity index is 1.27. The van der Waals surface area contributed by atoms with Gasteiger partial charge < -0.3 is 19.7 Å². The second-order valence-electron chi connectivity index (χ2n) is 8.70. The van der Waals surface area contributed by atoms with Gasteiger partial charge in [0.1, 0.15) is 5.69 Å². The molecular formula is C25H24F3N3O3. The zero-order chi connectivity index (χ0) is 23.9. The lowest BCUT2D eigenvalue weighted by molar-refractivity contribution is -0.140. The van der Waals surface area contributed by atoms with Crippen molar-refractivity contribution in [3.63, 3.8) is 0 Å². The fourth-order valence-electron chi connectivity index (χ4n) is 4.70. The number of nitrogens with zero attached hydrogens (tertiary/aromatic N) is 2. The van der Waals surface area contributed by atoms with Crippen molar-refractivity contribution in [3.05, 3.63) is 59.8 Å². The number of nitrogens with one attached hydrogen (secondary N) is 1. The third-order valence-electron chi connectivity index (χ3n) is 6.58. The summed E-state index contributed by atoms with van der Waals surface area (Å²) in [5.41, 5.74) is 0.457.